The summed E-state index contributed by atoms with van der Waals surface area (Å²) >= 11 is 0. The molecule has 3 nitrogen and oxygen atoms in total. The summed E-state index contributed by atoms with van der Waals surface area (Å²) in [5, 5.41) is 3.18. The van der Waals surface area contributed by atoms with Crippen LogP contribution in [0.1, 0.15) is 27.8 Å². The van der Waals surface area contributed by atoms with Crippen LogP contribution in [0.25, 0.3) is 11.1 Å². The minimum absolute atomic E-state index is 0.385. The van der Waals surface area contributed by atoms with E-state index in [2.05, 4.69) is 49.5 Å². The number of rotatable bonds is 5. The van der Waals surface area contributed by atoms with Crippen LogP contribution < -0.4 is 16.2 Å². The molecule has 25 heavy (non-hydrogen) atoms. The summed E-state index contributed by atoms with van der Waals surface area (Å²) in [7, 11) is 0. The highest BCUT2D eigenvalue weighted by Gasteiger charge is 2.23. The van der Waals surface area contributed by atoms with E-state index in [4.69, 9.17) is 0 Å². The van der Waals surface area contributed by atoms with E-state index in [-0.39, 0.29) is 5.43 Å². The average Bonchev–Trinajstić information content (AvgIpc) is 2.59. The standard InChI is InChI=1S/C22H23NO2/c1-13-5-7-17(8-6-13)9-10-23-20-19(21(24)22(20)25)18-12-15(3)14(2)11-16(18)4/h5-8,11-12,23H,9-10H2,1-4H3. The van der Waals surface area contributed by atoms with Gasteiger partial charge in [0.15, 0.2) is 0 Å². The number of aryl methyl sites for hydroxylation is 4. The second-order valence-electron chi connectivity index (χ2n) is 6.82. The molecule has 128 valence electrons. The van der Waals surface area contributed by atoms with E-state index in [1.165, 1.54) is 16.7 Å². The first-order valence-corrected chi connectivity index (χ1v) is 8.59. The lowest BCUT2D eigenvalue weighted by molar-refractivity contribution is 1.01. The van der Waals surface area contributed by atoms with E-state index >= 15 is 0 Å². The van der Waals surface area contributed by atoms with Gasteiger partial charge in [0.2, 0.25) is 10.9 Å². The smallest absolute Gasteiger partial charge is 0.250 e. The Morgan fingerprint density at radius 1 is 0.800 bits per heavy atom. The van der Waals surface area contributed by atoms with Gasteiger partial charge in [0.1, 0.15) is 0 Å². The Morgan fingerprint density at radius 2 is 1.44 bits per heavy atom. The molecule has 0 spiro atoms. The van der Waals surface area contributed by atoms with Gasteiger partial charge in [-0.05, 0) is 61.9 Å². The number of hydrogen-bond acceptors (Lipinski definition) is 3. The largest absolute Gasteiger partial charge is 0.381 e. The molecule has 0 amide bonds. The third-order valence-electron chi connectivity index (χ3n) is 4.86. The summed E-state index contributed by atoms with van der Waals surface area (Å²) in [4.78, 5) is 24.2. The van der Waals surface area contributed by atoms with Crippen molar-refractivity contribution < 1.29 is 0 Å². The molecule has 0 aliphatic rings. The van der Waals surface area contributed by atoms with Gasteiger partial charge >= 0.3 is 0 Å². The number of hydrogen-bond donors (Lipinski definition) is 1. The minimum atomic E-state index is -0.406. The van der Waals surface area contributed by atoms with E-state index in [9.17, 15) is 9.59 Å². The van der Waals surface area contributed by atoms with Crippen molar-refractivity contribution in [1.29, 1.82) is 0 Å². The molecule has 3 heteroatoms. The molecule has 0 radical (unpaired) electrons. The summed E-state index contributed by atoms with van der Waals surface area (Å²) in [5.41, 5.74) is 6.85. The first-order valence-electron chi connectivity index (χ1n) is 8.59. The second-order valence-corrected chi connectivity index (χ2v) is 6.82. The average molecular weight is 333 g/mol. The second kappa shape index (κ2) is 6.67. The maximum Gasteiger partial charge on any atom is 0.250 e. The lowest BCUT2D eigenvalue weighted by Crippen LogP contribution is -2.36. The maximum absolute atomic E-state index is 12.1. The molecule has 0 fully saturated rings. The first kappa shape index (κ1) is 17.2. The van der Waals surface area contributed by atoms with Crippen LogP contribution >= 0.6 is 0 Å². The molecular formula is C22H23NO2. The highest BCUT2D eigenvalue weighted by molar-refractivity contribution is 5.84. The van der Waals surface area contributed by atoms with Crippen LogP contribution in [0.2, 0.25) is 0 Å². The van der Waals surface area contributed by atoms with Gasteiger partial charge in [-0.25, -0.2) is 0 Å². The molecule has 3 rings (SSSR count). The SMILES string of the molecule is Cc1ccc(CCNc2c(-c3cc(C)c(C)cc3C)c(=O)c2=O)cc1. The van der Waals surface area contributed by atoms with Gasteiger partial charge in [-0.3, -0.25) is 9.59 Å². The Bertz CT molecular complexity index is 990. The van der Waals surface area contributed by atoms with Crippen LogP contribution in [0.4, 0.5) is 5.69 Å². The van der Waals surface area contributed by atoms with Crippen molar-refractivity contribution in [2.45, 2.75) is 34.1 Å². The molecule has 0 atom stereocenters. The van der Waals surface area contributed by atoms with E-state index in [1.54, 1.807) is 0 Å². The van der Waals surface area contributed by atoms with Gasteiger partial charge in [-0.15, -0.1) is 0 Å². The van der Waals surface area contributed by atoms with Crippen LogP contribution in [-0.2, 0) is 6.42 Å². The number of benzene rings is 2. The molecule has 0 unspecified atom stereocenters. The van der Waals surface area contributed by atoms with E-state index in [0.29, 0.717) is 17.8 Å². The molecule has 3 aromatic rings. The molecule has 0 bridgehead atoms. The van der Waals surface area contributed by atoms with E-state index < -0.39 is 5.43 Å². The van der Waals surface area contributed by atoms with Crippen LogP contribution in [-0.4, -0.2) is 6.54 Å². The van der Waals surface area contributed by atoms with Crippen LogP contribution in [0.15, 0.2) is 46.0 Å². The fourth-order valence-electron chi connectivity index (χ4n) is 3.13. The zero-order valence-electron chi connectivity index (χ0n) is 15.2. The van der Waals surface area contributed by atoms with Crippen molar-refractivity contribution in [2.75, 3.05) is 11.9 Å². The summed E-state index contributed by atoms with van der Waals surface area (Å²) in [5.74, 6) is 0. The van der Waals surface area contributed by atoms with Crippen LogP contribution in [0, 0.1) is 27.7 Å². The topological polar surface area (TPSA) is 46.2 Å². The van der Waals surface area contributed by atoms with Gasteiger partial charge in [0, 0.05) is 6.54 Å². The molecule has 0 heterocycles. The van der Waals surface area contributed by atoms with Crippen molar-refractivity contribution in [3.8, 4) is 11.1 Å². The van der Waals surface area contributed by atoms with E-state index in [0.717, 1.165) is 23.1 Å². The minimum Gasteiger partial charge on any atom is -0.381 e. The van der Waals surface area contributed by atoms with Crippen molar-refractivity contribution in [3.63, 3.8) is 0 Å². The molecular weight excluding hydrogens is 310 g/mol. The van der Waals surface area contributed by atoms with Crippen LogP contribution in [0.5, 0.6) is 0 Å². The molecule has 1 N–H and O–H groups in total. The van der Waals surface area contributed by atoms with E-state index in [1.807, 2.05) is 19.9 Å². The fraction of sp³-hybridized carbons (Fsp3) is 0.273. The lowest BCUT2D eigenvalue weighted by atomic mass is 9.91. The number of nitrogens with one attached hydrogen (secondary N) is 1. The summed E-state index contributed by atoms with van der Waals surface area (Å²) < 4.78 is 0. The Labute approximate surface area is 148 Å². The Balaban J connectivity index is 1.81. The van der Waals surface area contributed by atoms with Crippen LogP contribution in [0.3, 0.4) is 0 Å². The Morgan fingerprint density at radius 3 is 2.12 bits per heavy atom. The number of anilines is 1. The van der Waals surface area contributed by atoms with Gasteiger partial charge in [0.05, 0.1) is 11.3 Å². The predicted octanol–water partition coefficient (Wildman–Crippen LogP) is 3.84. The molecule has 0 saturated heterocycles. The third-order valence-corrected chi connectivity index (χ3v) is 4.86. The zero-order valence-corrected chi connectivity index (χ0v) is 15.2. The van der Waals surface area contributed by atoms with Gasteiger partial charge in [-0.2, -0.15) is 0 Å². The summed E-state index contributed by atoms with van der Waals surface area (Å²) in [6.07, 6.45) is 0.810. The normalized spacial score (nSPS) is 11.0. The van der Waals surface area contributed by atoms with Crippen molar-refractivity contribution in [2.24, 2.45) is 0 Å². The molecule has 0 aromatic heterocycles. The quantitative estimate of drug-likeness (QED) is 0.722. The Hall–Kier alpha value is -2.68. The highest BCUT2D eigenvalue weighted by Crippen LogP contribution is 2.29. The molecule has 3 aromatic carbocycles. The zero-order chi connectivity index (χ0) is 18.1. The summed E-state index contributed by atoms with van der Waals surface area (Å²) in [6, 6.07) is 12.4. The van der Waals surface area contributed by atoms with Crippen molar-refractivity contribution in [1.82, 2.24) is 0 Å². The molecule has 0 saturated carbocycles. The van der Waals surface area contributed by atoms with Gasteiger partial charge in [-0.1, -0.05) is 42.0 Å². The summed E-state index contributed by atoms with van der Waals surface area (Å²) in [6.45, 7) is 8.74. The fourth-order valence-corrected chi connectivity index (χ4v) is 3.13. The molecule has 0 aliphatic heterocycles. The van der Waals surface area contributed by atoms with Gasteiger partial charge < -0.3 is 5.32 Å². The predicted molar refractivity (Wildman–Crippen MR) is 104 cm³/mol. The first-order chi connectivity index (χ1) is 11.9. The Kier molecular flexibility index (Phi) is 4.58. The monoisotopic (exact) mass is 333 g/mol. The van der Waals surface area contributed by atoms with Crippen molar-refractivity contribution in [3.05, 3.63) is 84.7 Å². The maximum atomic E-state index is 12.1. The van der Waals surface area contributed by atoms with Gasteiger partial charge in [0.25, 0.3) is 0 Å². The molecule has 0 aliphatic carbocycles. The van der Waals surface area contributed by atoms with Crippen molar-refractivity contribution >= 4 is 5.69 Å². The highest BCUT2D eigenvalue weighted by atomic mass is 16.2. The third kappa shape index (κ3) is 3.27. The lowest BCUT2D eigenvalue weighted by Gasteiger charge is -2.16.